The number of rotatable bonds is 0. The lowest BCUT2D eigenvalue weighted by atomic mass is 9.56. The molecule has 0 N–H and O–H groups in total. The van der Waals surface area contributed by atoms with Crippen molar-refractivity contribution >= 4 is 5.78 Å². The van der Waals surface area contributed by atoms with E-state index in [9.17, 15) is 4.79 Å². The predicted octanol–water partition coefficient (Wildman–Crippen LogP) is 2.94. The van der Waals surface area contributed by atoms with Gasteiger partial charge in [0.25, 0.3) is 0 Å². The molecule has 2 fully saturated rings. The van der Waals surface area contributed by atoms with E-state index >= 15 is 0 Å². The molecular formula is C11H18O. The third-order valence-electron chi connectivity index (χ3n) is 3.81. The summed E-state index contributed by atoms with van der Waals surface area (Å²) >= 11 is 0. The molecule has 0 heterocycles. The van der Waals surface area contributed by atoms with E-state index in [1.54, 1.807) is 0 Å². The normalized spacial score (nSPS) is 31.7. The molecule has 0 aromatic carbocycles. The summed E-state index contributed by atoms with van der Waals surface area (Å²) in [6.07, 6.45) is 7.02. The Morgan fingerprint density at radius 3 is 1.92 bits per heavy atom. The van der Waals surface area contributed by atoms with Gasteiger partial charge in [-0.25, -0.2) is 0 Å². The fourth-order valence-electron chi connectivity index (χ4n) is 2.60. The Morgan fingerprint density at radius 2 is 1.50 bits per heavy atom. The van der Waals surface area contributed by atoms with Crippen molar-refractivity contribution in [2.75, 3.05) is 0 Å². The SMILES string of the molecule is CC1(C)CCC2(CC1)CC(=O)C2. The molecule has 2 rings (SSSR count). The minimum Gasteiger partial charge on any atom is -0.300 e. The van der Waals surface area contributed by atoms with Crippen molar-refractivity contribution < 1.29 is 4.79 Å². The van der Waals surface area contributed by atoms with Crippen molar-refractivity contribution in [3.63, 3.8) is 0 Å². The van der Waals surface area contributed by atoms with Crippen LogP contribution in [0.1, 0.15) is 52.4 Å². The first-order valence-electron chi connectivity index (χ1n) is 5.03. The maximum Gasteiger partial charge on any atom is 0.134 e. The van der Waals surface area contributed by atoms with Crippen LogP contribution in [0.4, 0.5) is 0 Å². The first kappa shape index (κ1) is 8.28. The second-order valence-corrected chi connectivity index (χ2v) is 5.56. The molecule has 68 valence electrons. The number of Topliss-reactive ketones (excluding diaryl/α,β-unsaturated/α-hetero) is 1. The van der Waals surface area contributed by atoms with E-state index in [2.05, 4.69) is 13.8 Å². The molecule has 0 bridgehead atoms. The van der Waals surface area contributed by atoms with E-state index in [-0.39, 0.29) is 0 Å². The van der Waals surface area contributed by atoms with Crippen LogP contribution < -0.4 is 0 Å². The Kier molecular flexibility index (Phi) is 1.61. The summed E-state index contributed by atoms with van der Waals surface area (Å²) in [5.41, 5.74) is 1.02. The lowest BCUT2D eigenvalue weighted by Gasteiger charge is -2.48. The molecule has 0 amide bonds. The predicted molar refractivity (Wildman–Crippen MR) is 48.9 cm³/mol. The molecule has 0 aromatic heterocycles. The van der Waals surface area contributed by atoms with Crippen LogP contribution in [0.25, 0.3) is 0 Å². The number of carbonyl (C=O) groups is 1. The van der Waals surface area contributed by atoms with Crippen LogP contribution >= 0.6 is 0 Å². The van der Waals surface area contributed by atoms with Crippen LogP contribution in [0, 0.1) is 10.8 Å². The van der Waals surface area contributed by atoms with Gasteiger partial charge in [0.2, 0.25) is 0 Å². The molecule has 1 nitrogen and oxygen atoms in total. The second kappa shape index (κ2) is 2.34. The van der Waals surface area contributed by atoms with Crippen molar-refractivity contribution in [2.24, 2.45) is 10.8 Å². The van der Waals surface area contributed by atoms with Gasteiger partial charge in [0.1, 0.15) is 5.78 Å². The van der Waals surface area contributed by atoms with Crippen LogP contribution in [0.5, 0.6) is 0 Å². The Balaban J connectivity index is 1.95. The number of ketones is 1. The monoisotopic (exact) mass is 166 g/mol. The Morgan fingerprint density at radius 1 is 1.00 bits per heavy atom. The molecular weight excluding hydrogens is 148 g/mol. The minimum absolute atomic E-state index is 0.479. The van der Waals surface area contributed by atoms with Gasteiger partial charge in [0.05, 0.1) is 0 Å². The Bertz CT molecular complexity index is 195. The summed E-state index contributed by atoms with van der Waals surface area (Å²) in [7, 11) is 0. The molecule has 0 unspecified atom stereocenters. The second-order valence-electron chi connectivity index (χ2n) is 5.56. The van der Waals surface area contributed by atoms with Gasteiger partial charge in [-0.3, -0.25) is 4.79 Å². The summed E-state index contributed by atoms with van der Waals surface area (Å²) in [5.74, 6) is 0.495. The Hall–Kier alpha value is -0.330. The molecule has 1 heteroatoms. The molecule has 0 radical (unpaired) electrons. The van der Waals surface area contributed by atoms with Crippen LogP contribution in [0.2, 0.25) is 0 Å². The van der Waals surface area contributed by atoms with Gasteiger partial charge in [0.15, 0.2) is 0 Å². The van der Waals surface area contributed by atoms with Crippen molar-refractivity contribution in [1.82, 2.24) is 0 Å². The highest BCUT2D eigenvalue weighted by Crippen LogP contribution is 2.53. The highest BCUT2D eigenvalue weighted by molar-refractivity contribution is 5.86. The summed E-state index contributed by atoms with van der Waals surface area (Å²) in [6.45, 7) is 4.70. The van der Waals surface area contributed by atoms with Gasteiger partial charge in [-0.05, 0) is 36.5 Å². The third kappa shape index (κ3) is 1.30. The first-order chi connectivity index (χ1) is 5.52. The van der Waals surface area contributed by atoms with Gasteiger partial charge in [0, 0.05) is 12.8 Å². The average molecular weight is 166 g/mol. The molecule has 2 aliphatic carbocycles. The quantitative estimate of drug-likeness (QED) is 0.540. The summed E-state index contributed by atoms with van der Waals surface area (Å²) in [5, 5.41) is 0. The smallest absolute Gasteiger partial charge is 0.134 e. The van der Waals surface area contributed by atoms with Gasteiger partial charge in [-0.1, -0.05) is 13.8 Å². The van der Waals surface area contributed by atoms with Crippen LogP contribution in [-0.2, 0) is 4.79 Å². The van der Waals surface area contributed by atoms with Gasteiger partial charge in [-0.15, -0.1) is 0 Å². The van der Waals surface area contributed by atoms with Crippen molar-refractivity contribution in [1.29, 1.82) is 0 Å². The minimum atomic E-state index is 0.479. The molecule has 1 spiro atoms. The highest BCUT2D eigenvalue weighted by atomic mass is 16.1. The summed E-state index contributed by atoms with van der Waals surface area (Å²) in [6, 6.07) is 0. The van der Waals surface area contributed by atoms with Crippen LogP contribution in [-0.4, -0.2) is 5.78 Å². The Labute approximate surface area is 74.5 Å². The fraction of sp³-hybridized carbons (Fsp3) is 0.909. The van der Waals surface area contributed by atoms with E-state index in [1.165, 1.54) is 25.7 Å². The van der Waals surface area contributed by atoms with Crippen LogP contribution in [0.3, 0.4) is 0 Å². The highest BCUT2D eigenvalue weighted by Gasteiger charge is 2.46. The maximum absolute atomic E-state index is 10.9. The summed E-state index contributed by atoms with van der Waals surface area (Å²) in [4.78, 5) is 10.9. The average Bonchev–Trinajstić information content (AvgIpc) is 1.92. The summed E-state index contributed by atoms with van der Waals surface area (Å²) < 4.78 is 0. The van der Waals surface area contributed by atoms with Crippen molar-refractivity contribution in [3.05, 3.63) is 0 Å². The molecule has 2 aliphatic rings. The van der Waals surface area contributed by atoms with Crippen molar-refractivity contribution in [3.8, 4) is 0 Å². The van der Waals surface area contributed by atoms with Crippen LogP contribution in [0.15, 0.2) is 0 Å². The van der Waals surface area contributed by atoms with E-state index in [4.69, 9.17) is 0 Å². The molecule has 0 saturated heterocycles. The first-order valence-corrected chi connectivity index (χ1v) is 5.03. The standard InChI is InChI=1S/C11H18O/c1-10(2)3-5-11(6-4-10)7-9(12)8-11/h3-8H2,1-2H3. The van der Waals surface area contributed by atoms with Gasteiger partial charge >= 0.3 is 0 Å². The maximum atomic E-state index is 10.9. The number of carbonyl (C=O) groups excluding carboxylic acids is 1. The molecule has 2 saturated carbocycles. The fourth-order valence-corrected chi connectivity index (χ4v) is 2.60. The number of hydrogen-bond acceptors (Lipinski definition) is 1. The van der Waals surface area contributed by atoms with E-state index < -0.39 is 0 Å². The van der Waals surface area contributed by atoms with E-state index in [0.717, 1.165) is 12.8 Å². The van der Waals surface area contributed by atoms with Gasteiger partial charge < -0.3 is 0 Å². The lowest BCUT2D eigenvalue weighted by molar-refractivity contribution is -0.136. The van der Waals surface area contributed by atoms with E-state index in [1.807, 2.05) is 0 Å². The van der Waals surface area contributed by atoms with Gasteiger partial charge in [-0.2, -0.15) is 0 Å². The number of hydrogen-bond donors (Lipinski definition) is 0. The molecule has 12 heavy (non-hydrogen) atoms. The topological polar surface area (TPSA) is 17.1 Å². The third-order valence-corrected chi connectivity index (χ3v) is 3.81. The largest absolute Gasteiger partial charge is 0.300 e. The zero-order valence-corrected chi connectivity index (χ0v) is 8.15. The van der Waals surface area contributed by atoms with Crippen molar-refractivity contribution in [2.45, 2.75) is 52.4 Å². The molecule has 0 atom stereocenters. The molecule has 0 aliphatic heterocycles. The molecule has 0 aromatic rings. The lowest BCUT2D eigenvalue weighted by Crippen LogP contribution is -2.42. The van der Waals surface area contributed by atoms with E-state index in [0.29, 0.717) is 16.6 Å². The zero-order chi connectivity index (χ0) is 8.82. The zero-order valence-electron chi connectivity index (χ0n) is 8.15.